The Morgan fingerprint density at radius 2 is 1.56 bits per heavy atom. The van der Waals surface area contributed by atoms with Crippen molar-refractivity contribution < 1.29 is 23.8 Å². The highest BCUT2D eigenvalue weighted by Crippen LogP contribution is 2.23. The van der Waals surface area contributed by atoms with Crippen LogP contribution in [-0.2, 0) is 14.3 Å². The molecule has 0 heterocycles. The van der Waals surface area contributed by atoms with Gasteiger partial charge in [-0.1, -0.05) is 30.3 Å². The first kappa shape index (κ1) is 18.3. The number of nitrogens with one attached hydrogen (secondary N) is 1. The van der Waals surface area contributed by atoms with E-state index >= 15 is 0 Å². The molecule has 2 atom stereocenters. The Bertz CT molecular complexity index is 717. The fraction of sp³-hybridized carbons (Fsp3) is 0.263. The maximum Gasteiger partial charge on any atom is 0.347 e. The predicted octanol–water partition coefficient (Wildman–Crippen LogP) is 3.03. The van der Waals surface area contributed by atoms with Crippen LogP contribution in [0.25, 0.3) is 0 Å². The van der Waals surface area contributed by atoms with Crippen molar-refractivity contribution in [1.82, 2.24) is 0 Å². The average Bonchev–Trinajstić information content (AvgIpc) is 2.62. The summed E-state index contributed by atoms with van der Waals surface area (Å²) in [6, 6.07) is 15.9. The van der Waals surface area contributed by atoms with Crippen LogP contribution in [0, 0.1) is 0 Å². The average molecular weight is 343 g/mol. The molecule has 1 amide bonds. The summed E-state index contributed by atoms with van der Waals surface area (Å²) in [7, 11) is 1.51. The second-order valence-corrected chi connectivity index (χ2v) is 5.34. The summed E-state index contributed by atoms with van der Waals surface area (Å²) in [5, 5.41) is 2.67. The molecule has 0 fully saturated rings. The molecule has 1 N–H and O–H groups in total. The van der Waals surface area contributed by atoms with Crippen molar-refractivity contribution in [2.45, 2.75) is 26.1 Å². The van der Waals surface area contributed by atoms with Gasteiger partial charge in [-0.3, -0.25) is 4.79 Å². The zero-order valence-electron chi connectivity index (χ0n) is 14.4. The molecule has 0 aliphatic carbocycles. The zero-order valence-corrected chi connectivity index (χ0v) is 14.4. The monoisotopic (exact) mass is 343 g/mol. The van der Waals surface area contributed by atoms with E-state index in [9.17, 15) is 9.59 Å². The highest BCUT2D eigenvalue weighted by atomic mass is 16.6. The Morgan fingerprint density at radius 3 is 2.24 bits per heavy atom. The van der Waals surface area contributed by atoms with E-state index in [-0.39, 0.29) is 0 Å². The summed E-state index contributed by atoms with van der Waals surface area (Å²) in [4.78, 5) is 24.3. The van der Waals surface area contributed by atoms with Crippen LogP contribution in [0.15, 0.2) is 54.6 Å². The molecule has 0 aliphatic rings. The summed E-state index contributed by atoms with van der Waals surface area (Å²) < 4.78 is 15.8. The number of anilines is 1. The maximum atomic E-state index is 12.2. The topological polar surface area (TPSA) is 73.9 Å². The van der Waals surface area contributed by atoms with Gasteiger partial charge in [0.05, 0.1) is 12.8 Å². The van der Waals surface area contributed by atoms with E-state index in [1.807, 2.05) is 6.07 Å². The minimum absolute atomic E-state index is 0.454. The third-order valence-electron chi connectivity index (χ3n) is 3.41. The van der Waals surface area contributed by atoms with Gasteiger partial charge in [-0.2, -0.15) is 0 Å². The largest absolute Gasteiger partial charge is 0.495 e. The van der Waals surface area contributed by atoms with Gasteiger partial charge < -0.3 is 19.5 Å². The molecular weight excluding hydrogens is 322 g/mol. The third-order valence-corrected chi connectivity index (χ3v) is 3.41. The molecule has 2 rings (SSSR count). The SMILES string of the molecule is COc1ccccc1NC(=O)[C@@H](C)OC(=O)[C@H](C)Oc1ccccc1. The number of hydrogen-bond acceptors (Lipinski definition) is 5. The first-order chi connectivity index (χ1) is 12.0. The van der Waals surface area contributed by atoms with Gasteiger partial charge >= 0.3 is 5.97 Å². The lowest BCUT2D eigenvalue weighted by Crippen LogP contribution is -2.35. The fourth-order valence-electron chi connectivity index (χ4n) is 2.06. The normalized spacial score (nSPS) is 12.6. The summed E-state index contributed by atoms with van der Waals surface area (Å²) >= 11 is 0. The summed E-state index contributed by atoms with van der Waals surface area (Å²) in [5.74, 6) is 0.00419. The van der Waals surface area contributed by atoms with E-state index in [0.29, 0.717) is 17.2 Å². The lowest BCUT2D eigenvalue weighted by atomic mass is 10.2. The van der Waals surface area contributed by atoms with E-state index in [0.717, 1.165) is 0 Å². The smallest absolute Gasteiger partial charge is 0.347 e. The van der Waals surface area contributed by atoms with Crippen molar-refractivity contribution in [1.29, 1.82) is 0 Å². The van der Waals surface area contributed by atoms with Gasteiger partial charge in [0.15, 0.2) is 12.2 Å². The van der Waals surface area contributed by atoms with Gasteiger partial charge in [0.25, 0.3) is 5.91 Å². The molecule has 2 aromatic rings. The van der Waals surface area contributed by atoms with Crippen molar-refractivity contribution in [3.8, 4) is 11.5 Å². The fourth-order valence-corrected chi connectivity index (χ4v) is 2.06. The summed E-state index contributed by atoms with van der Waals surface area (Å²) in [6.45, 7) is 3.07. The zero-order chi connectivity index (χ0) is 18.2. The molecule has 0 saturated carbocycles. The predicted molar refractivity (Wildman–Crippen MR) is 93.7 cm³/mol. The number of esters is 1. The van der Waals surface area contributed by atoms with E-state index < -0.39 is 24.1 Å². The molecule has 0 bridgehead atoms. The number of carbonyl (C=O) groups excluding carboxylic acids is 2. The summed E-state index contributed by atoms with van der Waals surface area (Å²) in [6.07, 6.45) is -1.80. The van der Waals surface area contributed by atoms with Crippen molar-refractivity contribution in [2.24, 2.45) is 0 Å². The molecular formula is C19H21NO5. The van der Waals surface area contributed by atoms with Gasteiger partial charge in [0.1, 0.15) is 11.5 Å². The van der Waals surface area contributed by atoms with Crippen molar-refractivity contribution >= 4 is 17.6 Å². The highest BCUT2D eigenvalue weighted by Gasteiger charge is 2.23. The van der Waals surface area contributed by atoms with Crippen LogP contribution in [-0.4, -0.2) is 31.2 Å². The van der Waals surface area contributed by atoms with Crippen molar-refractivity contribution in [3.05, 3.63) is 54.6 Å². The second kappa shape index (κ2) is 8.73. The van der Waals surface area contributed by atoms with Crippen LogP contribution in [0.4, 0.5) is 5.69 Å². The molecule has 6 nitrogen and oxygen atoms in total. The molecule has 0 radical (unpaired) electrons. The van der Waals surface area contributed by atoms with Gasteiger partial charge in [-0.05, 0) is 38.1 Å². The summed E-state index contributed by atoms with van der Waals surface area (Å²) in [5.41, 5.74) is 0.506. The van der Waals surface area contributed by atoms with E-state index in [2.05, 4.69) is 5.32 Å². The molecule has 25 heavy (non-hydrogen) atoms. The Kier molecular flexibility index (Phi) is 6.39. The van der Waals surface area contributed by atoms with Crippen LogP contribution >= 0.6 is 0 Å². The van der Waals surface area contributed by atoms with Crippen LogP contribution in [0.2, 0.25) is 0 Å². The van der Waals surface area contributed by atoms with Gasteiger partial charge in [0, 0.05) is 0 Å². The molecule has 0 spiro atoms. The molecule has 0 aliphatic heterocycles. The lowest BCUT2D eigenvalue weighted by Gasteiger charge is -2.18. The molecule has 0 unspecified atom stereocenters. The Labute approximate surface area is 146 Å². The molecule has 0 saturated heterocycles. The molecule has 132 valence electrons. The van der Waals surface area contributed by atoms with Crippen LogP contribution in [0.5, 0.6) is 11.5 Å². The van der Waals surface area contributed by atoms with E-state index in [4.69, 9.17) is 14.2 Å². The van der Waals surface area contributed by atoms with Crippen LogP contribution in [0.1, 0.15) is 13.8 Å². The number of amides is 1. The first-order valence-electron chi connectivity index (χ1n) is 7.87. The molecule has 6 heteroatoms. The first-order valence-corrected chi connectivity index (χ1v) is 7.87. The number of para-hydroxylation sites is 3. The number of hydrogen-bond donors (Lipinski definition) is 1. The Hall–Kier alpha value is -3.02. The molecule has 2 aromatic carbocycles. The number of carbonyl (C=O) groups is 2. The quantitative estimate of drug-likeness (QED) is 0.782. The highest BCUT2D eigenvalue weighted by molar-refractivity contribution is 5.96. The standard InChI is InChI=1S/C19H21NO5/c1-13(18(21)20-16-11-7-8-12-17(16)23-3)25-19(22)14(2)24-15-9-5-4-6-10-15/h4-14H,1-3H3,(H,20,21)/t13-,14+/m1/s1. The van der Waals surface area contributed by atoms with E-state index in [1.165, 1.54) is 14.0 Å². The minimum atomic E-state index is -0.973. The van der Waals surface area contributed by atoms with Crippen LogP contribution < -0.4 is 14.8 Å². The number of ether oxygens (including phenoxy) is 3. The second-order valence-electron chi connectivity index (χ2n) is 5.34. The van der Waals surface area contributed by atoms with E-state index in [1.54, 1.807) is 55.5 Å². The lowest BCUT2D eigenvalue weighted by molar-refractivity contribution is -0.159. The Balaban J connectivity index is 1.90. The maximum absolute atomic E-state index is 12.2. The Morgan fingerprint density at radius 1 is 0.920 bits per heavy atom. The number of methoxy groups -OCH3 is 1. The molecule has 0 aromatic heterocycles. The number of benzene rings is 2. The van der Waals surface area contributed by atoms with Gasteiger partial charge in [0.2, 0.25) is 0 Å². The third kappa shape index (κ3) is 5.24. The van der Waals surface area contributed by atoms with Gasteiger partial charge in [-0.25, -0.2) is 4.79 Å². The number of rotatable bonds is 7. The van der Waals surface area contributed by atoms with Crippen molar-refractivity contribution in [3.63, 3.8) is 0 Å². The van der Waals surface area contributed by atoms with Crippen molar-refractivity contribution in [2.75, 3.05) is 12.4 Å². The van der Waals surface area contributed by atoms with Gasteiger partial charge in [-0.15, -0.1) is 0 Å². The minimum Gasteiger partial charge on any atom is -0.495 e. The van der Waals surface area contributed by atoms with Crippen LogP contribution in [0.3, 0.4) is 0 Å².